The molecule has 0 aliphatic heterocycles. The molecule has 7 heteroatoms. The Hall–Kier alpha value is -3.87. The molecule has 132 valence electrons. The van der Waals surface area contributed by atoms with Crippen LogP contribution in [0.15, 0.2) is 71.7 Å². The zero-order chi connectivity index (χ0) is 18.4. The van der Waals surface area contributed by atoms with Crippen molar-refractivity contribution in [1.82, 2.24) is 24.3 Å². The lowest BCUT2D eigenvalue weighted by Crippen LogP contribution is -2.17. The van der Waals surface area contributed by atoms with Gasteiger partial charge in [0.1, 0.15) is 5.75 Å². The number of H-pyrrole nitrogens is 1. The molecule has 2 aromatic carbocycles. The normalized spacial score (nSPS) is 11.3. The summed E-state index contributed by atoms with van der Waals surface area (Å²) >= 11 is 0. The average Bonchev–Trinajstić information content (AvgIpc) is 3.21. The molecule has 0 atom stereocenters. The van der Waals surface area contributed by atoms with Crippen molar-refractivity contribution in [3.05, 3.63) is 77.2 Å². The van der Waals surface area contributed by atoms with Crippen molar-refractivity contribution in [2.45, 2.75) is 0 Å². The lowest BCUT2D eigenvalue weighted by atomic mass is 10.3. The quantitative estimate of drug-likeness (QED) is 0.537. The number of pyridine rings is 1. The molecule has 1 N–H and O–H groups in total. The van der Waals surface area contributed by atoms with Gasteiger partial charge in [-0.1, -0.05) is 12.1 Å². The number of benzene rings is 2. The third-order valence-electron chi connectivity index (χ3n) is 4.48. The van der Waals surface area contributed by atoms with Gasteiger partial charge in [0.2, 0.25) is 0 Å². The van der Waals surface area contributed by atoms with Gasteiger partial charge in [-0.2, -0.15) is 4.98 Å². The monoisotopic (exact) mass is 357 g/mol. The molecule has 0 aliphatic carbocycles. The summed E-state index contributed by atoms with van der Waals surface area (Å²) in [7, 11) is 1.73. The van der Waals surface area contributed by atoms with E-state index in [0.717, 1.165) is 16.7 Å². The van der Waals surface area contributed by atoms with Crippen LogP contribution in [0.5, 0.6) is 11.8 Å². The number of para-hydroxylation sites is 2. The molecule has 0 aliphatic rings. The van der Waals surface area contributed by atoms with Crippen LogP contribution in [0.3, 0.4) is 0 Å². The Balaban J connectivity index is 1.50. The topological polar surface area (TPSA) is 77.7 Å². The van der Waals surface area contributed by atoms with Crippen LogP contribution in [-0.4, -0.2) is 24.3 Å². The van der Waals surface area contributed by atoms with Gasteiger partial charge in [-0.25, -0.2) is 14.3 Å². The molecule has 5 aromatic rings. The van der Waals surface area contributed by atoms with E-state index < -0.39 is 0 Å². The number of hydrogen-bond acceptors (Lipinski definition) is 4. The van der Waals surface area contributed by atoms with Crippen LogP contribution in [0, 0.1) is 0 Å². The van der Waals surface area contributed by atoms with E-state index in [1.165, 1.54) is 0 Å². The maximum absolute atomic E-state index is 12.4. The minimum absolute atomic E-state index is 0.0827. The van der Waals surface area contributed by atoms with Crippen LogP contribution < -0.4 is 10.3 Å². The minimum Gasteiger partial charge on any atom is -0.426 e. The summed E-state index contributed by atoms with van der Waals surface area (Å²) in [5, 5.41) is 0.586. The average molecular weight is 357 g/mol. The Morgan fingerprint density at radius 1 is 1.00 bits per heavy atom. The third kappa shape index (κ3) is 2.48. The van der Waals surface area contributed by atoms with Crippen molar-refractivity contribution in [2.75, 3.05) is 0 Å². The Labute approximate surface area is 153 Å². The van der Waals surface area contributed by atoms with Gasteiger partial charge in [0.15, 0.2) is 5.65 Å². The van der Waals surface area contributed by atoms with E-state index in [1.54, 1.807) is 34.7 Å². The van der Waals surface area contributed by atoms with Crippen LogP contribution >= 0.6 is 0 Å². The van der Waals surface area contributed by atoms with E-state index in [1.807, 2.05) is 48.5 Å². The summed E-state index contributed by atoms with van der Waals surface area (Å²) in [6.07, 6.45) is 1.68. The number of rotatable bonds is 3. The van der Waals surface area contributed by atoms with Gasteiger partial charge in [-0.15, -0.1) is 0 Å². The summed E-state index contributed by atoms with van der Waals surface area (Å²) in [6, 6.07) is 19.2. The number of fused-ring (bicyclic) bond motifs is 2. The molecule has 7 nitrogen and oxygen atoms in total. The number of nitrogens with zero attached hydrogens (tertiary/aromatic N) is 4. The van der Waals surface area contributed by atoms with Crippen molar-refractivity contribution in [2.24, 2.45) is 7.05 Å². The highest BCUT2D eigenvalue weighted by Crippen LogP contribution is 2.23. The summed E-state index contributed by atoms with van der Waals surface area (Å²) in [5.41, 5.74) is 3.13. The zero-order valence-corrected chi connectivity index (χ0v) is 14.5. The fourth-order valence-corrected chi connectivity index (χ4v) is 3.18. The molecule has 3 heterocycles. The lowest BCUT2D eigenvalue weighted by Gasteiger charge is -2.09. The van der Waals surface area contributed by atoms with Crippen molar-refractivity contribution in [1.29, 1.82) is 0 Å². The van der Waals surface area contributed by atoms with Crippen LogP contribution in [0.2, 0.25) is 0 Å². The highest BCUT2D eigenvalue weighted by Gasteiger charge is 2.13. The van der Waals surface area contributed by atoms with Gasteiger partial charge < -0.3 is 9.72 Å². The SMILES string of the molecule is Cn1c(=O)c2cccnc2n1-c1ccc(Oc2nc3ccccc3[nH]2)cc1. The fourth-order valence-electron chi connectivity index (χ4n) is 3.18. The summed E-state index contributed by atoms with van der Waals surface area (Å²) in [4.78, 5) is 24.3. The van der Waals surface area contributed by atoms with Crippen LogP contribution in [0.4, 0.5) is 0 Å². The molecule has 0 fully saturated rings. The van der Waals surface area contributed by atoms with E-state index in [-0.39, 0.29) is 5.56 Å². The summed E-state index contributed by atoms with van der Waals surface area (Å²) < 4.78 is 9.15. The first-order valence-electron chi connectivity index (χ1n) is 8.46. The summed E-state index contributed by atoms with van der Waals surface area (Å²) in [6.45, 7) is 0. The number of imidazole rings is 1. The van der Waals surface area contributed by atoms with E-state index in [9.17, 15) is 4.79 Å². The molecule has 27 heavy (non-hydrogen) atoms. The lowest BCUT2D eigenvalue weighted by molar-refractivity contribution is 0.449. The number of nitrogens with one attached hydrogen (secondary N) is 1. The molecule has 0 saturated heterocycles. The molecule has 5 rings (SSSR count). The number of ether oxygens (including phenoxy) is 1. The smallest absolute Gasteiger partial charge is 0.300 e. The highest BCUT2D eigenvalue weighted by molar-refractivity contribution is 5.76. The van der Waals surface area contributed by atoms with Gasteiger partial charge in [0, 0.05) is 13.2 Å². The van der Waals surface area contributed by atoms with Gasteiger partial charge in [0.25, 0.3) is 11.6 Å². The predicted molar refractivity (Wildman–Crippen MR) is 102 cm³/mol. The molecular formula is C20H15N5O2. The number of aromatic amines is 1. The standard InChI is InChI=1S/C20H15N5O2/c1-24-19(26)15-5-4-12-21-18(15)25(24)13-8-10-14(11-9-13)27-20-22-16-6-2-3-7-17(16)23-20/h2-12H,1H3,(H,22,23). The first-order valence-corrected chi connectivity index (χ1v) is 8.46. The maximum Gasteiger partial charge on any atom is 0.300 e. The Morgan fingerprint density at radius 3 is 2.63 bits per heavy atom. The van der Waals surface area contributed by atoms with Gasteiger partial charge in [0.05, 0.1) is 22.1 Å². The fraction of sp³-hybridized carbons (Fsp3) is 0.0500. The summed E-state index contributed by atoms with van der Waals surface area (Å²) in [5.74, 6) is 0.646. The van der Waals surface area contributed by atoms with Crippen LogP contribution in [-0.2, 0) is 7.05 Å². The molecule has 0 bridgehead atoms. The zero-order valence-electron chi connectivity index (χ0n) is 14.5. The second-order valence-electron chi connectivity index (χ2n) is 6.17. The van der Waals surface area contributed by atoms with E-state index in [4.69, 9.17) is 4.74 Å². The Morgan fingerprint density at radius 2 is 1.81 bits per heavy atom. The van der Waals surface area contributed by atoms with E-state index >= 15 is 0 Å². The molecule has 0 radical (unpaired) electrons. The van der Waals surface area contributed by atoms with Crippen LogP contribution in [0.1, 0.15) is 0 Å². The van der Waals surface area contributed by atoms with Gasteiger partial charge in [-0.3, -0.25) is 4.79 Å². The van der Waals surface area contributed by atoms with Crippen LogP contribution in [0.25, 0.3) is 27.8 Å². The van der Waals surface area contributed by atoms with Crippen molar-refractivity contribution >= 4 is 22.1 Å². The Kier molecular flexibility index (Phi) is 3.33. The predicted octanol–water partition coefficient (Wildman–Crippen LogP) is 3.39. The van der Waals surface area contributed by atoms with Crippen molar-refractivity contribution in [3.8, 4) is 17.4 Å². The Bertz CT molecular complexity index is 1300. The third-order valence-corrected chi connectivity index (χ3v) is 4.48. The molecule has 0 amide bonds. The molecule has 3 aromatic heterocycles. The van der Waals surface area contributed by atoms with E-state index in [2.05, 4.69) is 15.0 Å². The van der Waals surface area contributed by atoms with Gasteiger partial charge in [-0.05, 0) is 48.5 Å². The first kappa shape index (κ1) is 15.4. The van der Waals surface area contributed by atoms with Crippen molar-refractivity contribution < 1.29 is 4.74 Å². The second-order valence-corrected chi connectivity index (χ2v) is 6.17. The molecular weight excluding hydrogens is 342 g/mol. The maximum atomic E-state index is 12.4. The number of aromatic nitrogens is 5. The van der Waals surface area contributed by atoms with E-state index in [0.29, 0.717) is 22.8 Å². The number of hydrogen-bond donors (Lipinski definition) is 1. The van der Waals surface area contributed by atoms with Crippen molar-refractivity contribution in [3.63, 3.8) is 0 Å². The highest BCUT2D eigenvalue weighted by atomic mass is 16.5. The minimum atomic E-state index is -0.0827. The molecule has 0 saturated carbocycles. The molecule has 0 spiro atoms. The molecule has 0 unspecified atom stereocenters. The largest absolute Gasteiger partial charge is 0.426 e. The second kappa shape index (κ2) is 5.84. The van der Waals surface area contributed by atoms with Gasteiger partial charge >= 0.3 is 0 Å². The first-order chi connectivity index (χ1) is 13.2.